The Bertz CT molecular complexity index is 727. The van der Waals surface area contributed by atoms with Crippen LogP contribution in [0.5, 0.6) is 5.75 Å². The van der Waals surface area contributed by atoms with Crippen LogP contribution >= 0.6 is 0 Å². The number of hydrogen-bond donors (Lipinski definition) is 1. The molecule has 0 radical (unpaired) electrons. The molecule has 0 aromatic heterocycles. The minimum atomic E-state index is -0.505. The lowest BCUT2D eigenvalue weighted by Crippen LogP contribution is -2.24. The van der Waals surface area contributed by atoms with Crippen molar-refractivity contribution in [3.8, 4) is 5.75 Å². The Labute approximate surface area is 133 Å². The van der Waals surface area contributed by atoms with Crippen molar-refractivity contribution in [2.24, 2.45) is 5.10 Å². The number of carbonyl (C=O) groups excluding carboxylic acids is 2. The fraction of sp³-hybridized carbons (Fsp3) is 0.118. The zero-order chi connectivity index (χ0) is 16.1. The molecule has 0 spiro atoms. The number of nitrogens with zero attached hydrogens (tertiary/aromatic N) is 2. The maximum absolute atomic E-state index is 11.3. The van der Waals surface area contributed by atoms with E-state index in [1.165, 1.54) is 6.21 Å². The molecule has 0 unspecified atom stereocenters. The summed E-state index contributed by atoms with van der Waals surface area (Å²) in [4.78, 5) is 22.4. The smallest absolute Gasteiger partial charge is 0.344 e. The summed E-state index contributed by atoms with van der Waals surface area (Å²) in [5.41, 5.74) is 1.91. The Hall–Kier alpha value is -3.15. The van der Waals surface area contributed by atoms with Gasteiger partial charge in [0.2, 0.25) is 5.91 Å². The zero-order valence-corrected chi connectivity index (χ0v) is 12.3. The third kappa shape index (κ3) is 3.94. The number of imide groups is 1. The zero-order valence-electron chi connectivity index (χ0n) is 12.3. The van der Waals surface area contributed by atoms with E-state index in [0.29, 0.717) is 6.61 Å². The van der Waals surface area contributed by atoms with E-state index in [0.717, 1.165) is 21.9 Å². The fourth-order valence-corrected chi connectivity index (χ4v) is 2.05. The minimum absolute atomic E-state index is 0.0480. The van der Waals surface area contributed by atoms with Crippen LogP contribution in [0.25, 0.3) is 0 Å². The van der Waals surface area contributed by atoms with Gasteiger partial charge in [-0.15, -0.1) is 0 Å². The quantitative estimate of drug-likeness (QED) is 0.679. The predicted molar refractivity (Wildman–Crippen MR) is 85.1 cm³/mol. The van der Waals surface area contributed by atoms with E-state index in [2.05, 4.69) is 10.4 Å². The standard InChI is InChI=1S/C17H15N3O3/c21-16-11-20(17(22)19-16)18-10-13-6-8-15(9-7-13)23-12-14-4-2-1-3-5-14/h1-10H,11-12H2,(H,19,21,22). The molecule has 116 valence electrons. The summed E-state index contributed by atoms with van der Waals surface area (Å²) in [6.45, 7) is 0.456. The summed E-state index contributed by atoms with van der Waals surface area (Å²) in [5, 5.41) is 7.23. The third-order valence-corrected chi connectivity index (χ3v) is 3.25. The van der Waals surface area contributed by atoms with Gasteiger partial charge in [-0.3, -0.25) is 10.1 Å². The van der Waals surface area contributed by atoms with E-state index in [-0.39, 0.29) is 12.5 Å². The summed E-state index contributed by atoms with van der Waals surface area (Å²) in [6.07, 6.45) is 1.53. The fourth-order valence-electron chi connectivity index (χ4n) is 2.05. The van der Waals surface area contributed by atoms with Crippen LogP contribution in [0.15, 0.2) is 59.7 Å². The highest BCUT2D eigenvalue weighted by molar-refractivity contribution is 6.02. The lowest BCUT2D eigenvalue weighted by atomic mass is 10.2. The van der Waals surface area contributed by atoms with Crippen LogP contribution in [0, 0.1) is 0 Å². The monoisotopic (exact) mass is 309 g/mol. The van der Waals surface area contributed by atoms with Crippen LogP contribution in [-0.4, -0.2) is 29.7 Å². The Morgan fingerprint density at radius 2 is 1.83 bits per heavy atom. The molecule has 2 aromatic carbocycles. The molecule has 3 amide bonds. The van der Waals surface area contributed by atoms with Gasteiger partial charge in [0, 0.05) is 0 Å². The van der Waals surface area contributed by atoms with Crippen molar-refractivity contribution in [2.75, 3.05) is 6.54 Å². The number of rotatable bonds is 5. The molecule has 1 N–H and O–H groups in total. The Morgan fingerprint density at radius 1 is 1.09 bits per heavy atom. The van der Waals surface area contributed by atoms with Gasteiger partial charge >= 0.3 is 6.03 Å². The van der Waals surface area contributed by atoms with Crippen LogP contribution in [-0.2, 0) is 11.4 Å². The molecular weight excluding hydrogens is 294 g/mol. The van der Waals surface area contributed by atoms with Gasteiger partial charge in [-0.2, -0.15) is 5.10 Å². The second-order valence-corrected chi connectivity index (χ2v) is 5.00. The molecular formula is C17H15N3O3. The maximum Gasteiger partial charge on any atom is 0.344 e. The molecule has 6 heteroatoms. The molecule has 1 heterocycles. The van der Waals surface area contributed by atoms with Gasteiger partial charge in [-0.25, -0.2) is 9.80 Å². The molecule has 1 aliphatic rings. The number of carbonyl (C=O) groups is 2. The normalized spacial score (nSPS) is 14.3. The number of hydrazone groups is 1. The summed E-state index contributed by atoms with van der Waals surface area (Å²) in [6, 6.07) is 16.7. The number of benzene rings is 2. The second-order valence-electron chi connectivity index (χ2n) is 5.00. The molecule has 1 fully saturated rings. The third-order valence-electron chi connectivity index (χ3n) is 3.25. The summed E-state index contributed by atoms with van der Waals surface area (Å²) in [7, 11) is 0. The maximum atomic E-state index is 11.3. The van der Waals surface area contributed by atoms with Crippen LogP contribution in [0.4, 0.5) is 4.79 Å². The lowest BCUT2D eigenvalue weighted by Gasteiger charge is -2.07. The predicted octanol–water partition coefficient (Wildman–Crippen LogP) is 2.15. The van der Waals surface area contributed by atoms with E-state index in [9.17, 15) is 9.59 Å². The van der Waals surface area contributed by atoms with Crippen molar-refractivity contribution in [2.45, 2.75) is 6.61 Å². The largest absolute Gasteiger partial charge is 0.489 e. The van der Waals surface area contributed by atoms with E-state index < -0.39 is 6.03 Å². The summed E-state index contributed by atoms with van der Waals surface area (Å²) >= 11 is 0. The Kier molecular flexibility index (Phi) is 4.33. The topological polar surface area (TPSA) is 71.0 Å². The van der Waals surface area contributed by atoms with Gasteiger partial charge in [0.25, 0.3) is 0 Å². The number of amides is 3. The highest BCUT2D eigenvalue weighted by Crippen LogP contribution is 2.13. The Balaban J connectivity index is 1.57. The van der Waals surface area contributed by atoms with Gasteiger partial charge in [-0.1, -0.05) is 30.3 Å². The lowest BCUT2D eigenvalue weighted by molar-refractivity contribution is -0.118. The first-order valence-corrected chi connectivity index (χ1v) is 7.13. The second kappa shape index (κ2) is 6.74. The van der Waals surface area contributed by atoms with Crippen LogP contribution in [0.1, 0.15) is 11.1 Å². The minimum Gasteiger partial charge on any atom is -0.489 e. The van der Waals surface area contributed by atoms with Crippen molar-refractivity contribution >= 4 is 18.2 Å². The highest BCUT2D eigenvalue weighted by atomic mass is 16.5. The van der Waals surface area contributed by atoms with Gasteiger partial charge in [0.1, 0.15) is 18.9 Å². The van der Waals surface area contributed by atoms with Crippen LogP contribution < -0.4 is 10.1 Å². The number of urea groups is 1. The molecule has 0 saturated carbocycles. The van der Waals surface area contributed by atoms with Crippen molar-refractivity contribution in [1.29, 1.82) is 0 Å². The molecule has 6 nitrogen and oxygen atoms in total. The number of ether oxygens (including phenoxy) is 1. The Morgan fingerprint density at radius 3 is 2.48 bits per heavy atom. The molecule has 0 aliphatic carbocycles. The van der Waals surface area contributed by atoms with Gasteiger partial charge in [0.05, 0.1) is 6.21 Å². The van der Waals surface area contributed by atoms with Crippen LogP contribution in [0.2, 0.25) is 0 Å². The van der Waals surface area contributed by atoms with Gasteiger partial charge in [-0.05, 0) is 35.4 Å². The SMILES string of the molecule is O=C1CN(N=Cc2ccc(OCc3ccccc3)cc2)C(=O)N1. The molecule has 0 bridgehead atoms. The van der Waals surface area contributed by atoms with Crippen molar-refractivity contribution in [1.82, 2.24) is 10.3 Å². The van der Waals surface area contributed by atoms with Gasteiger partial charge in [0.15, 0.2) is 0 Å². The summed E-state index contributed by atoms with van der Waals surface area (Å²) < 4.78 is 5.69. The average Bonchev–Trinajstić information content (AvgIpc) is 2.90. The van der Waals surface area contributed by atoms with Crippen LogP contribution in [0.3, 0.4) is 0 Å². The van der Waals surface area contributed by atoms with E-state index >= 15 is 0 Å². The van der Waals surface area contributed by atoms with Crippen molar-refractivity contribution < 1.29 is 14.3 Å². The van der Waals surface area contributed by atoms with E-state index in [1.54, 1.807) is 0 Å². The number of hydrogen-bond acceptors (Lipinski definition) is 4. The average molecular weight is 309 g/mol. The first kappa shape index (κ1) is 14.8. The van der Waals surface area contributed by atoms with Crippen molar-refractivity contribution in [3.63, 3.8) is 0 Å². The molecule has 23 heavy (non-hydrogen) atoms. The van der Waals surface area contributed by atoms with E-state index in [4.69, 9.17) is 4.74 Å². The first-order valence-electron chi connectivity index (χ1n) is 7.13. The molecule has 1 aliphatic heterocycles. The van der Waals surface area contributed by atoms with Gasteiger partial charge < -0.3 is 4.74 Å². The highest BCUT2D eigenvalue weighted by Gasteiger charge is 2.25. The van der Waals surface area contributed by atoms with Crippen molar-refractivity contribution in [3.05, 3.63) is 65.7 Å². The first-order chi connectivity index (χ1) is 11.2. The summed E-state index contributed by atoms with van der Waals surface area (Å²) in [5.74, 6) is 0.400. The molecule has 1 saturated heterocycles. The van der Waals surface area contributed by atoms with E-state index in [1.807, 2.05) is 54.6 Å². The molecule has 3 rings (SSSR count). The molecule has 2 aromatic rings. The number of nitrogens with one attached hydrogen (secondary N) is 1. The molecule has 0 atom stereocenters.